The van der Waals surface area contributed by atoms with Crippen molar-refractivity contribution in [2.45, 2.75) is 70.4 Å². The second-order valence-electron chi connectivity index (χ2n) is 9.30. The number of benzene rings is 1. The van der Waals surface area contributed by atoms with Gasteiger partial charge in [0.2, 0.25) is 21.8 Å². The molecule has 1 saturated carbocycles. The SMILES string of the molecule is CC.Cc1ccccc1CN1CC2(CC2)Oc2nc(OCCN3CCCC3)c(C)cc2S1(=O)=O. The summed E-state index contributed by atoms with van der Waals surface area (Å²) in [4.78, 5) is 7.07. The van der Waals surface area contributed by atoms with Crippen LogP contribution < -0.4 is 9.47 Å². The Morgan fingerprint density at radius 3 is 2.47 bits per heavy atom. The summed E-state index contributed by atoms with van der Waals surface area (Å²) in [7, 11) is -3.76. The van der Waals surface area contributed by atoms with E-state index in [0.717, 1.165) is 43.6 Å². The Morgan fingerprint density at radius 2 is 1.79 bits per heavy atom. The lowest BCUT2D eigenvalue weighted by atomic mass is 10.1. The van der Waals surface area contributed by atoms with E-state index in [1.165, 1.54) is 12.8 Å². The van der Waals surface area contributed by atoms with E-state index in [9.17, 15) is 8.42 Å². The number of likely N-dealkylation sites (tertiary alicyclic amines) is 1. The van der Waals surface area contributed by atoms with Crippen LogP contribution in [0.3, 0.4) is 0 Å². The lowest BCUT2D eigenvalue weighted by molar-refractivity contribution is 0.141. The standard InChI is InChI=1S/C24H31N3O4S.C2H6/c1-18-7-3-4-8-20(18)16-27-17-24(9-10-24)31-23-21(32(27,28)29)15-19(2)22(25-23)30-14-13-26-11-5-6-12-26;1-2/h3-4,7-8,15H,5-6,9-14,16-17H2,1-2H3;1-2H3. The third-order valence-electron chi connectivity index (χ3n) is 6.75. The highest BCUT2D eigenvalue weighted by atomic mass is 32.2. The minimum Gasteiger partial charge on any atom is -0.476 e. The van der Waals surface area contributed by atoms with Gasteiger partial charge in [-0.3, -0.25) is 4.90 Å². The Balaban J connectivity index is 0.00000133. The van der Waals surface area contributed by atoms with E-state index in [1.54, 1.807) is 10.4 Å². The molecule has 2 fully saturated rings. The molecule has 34 heavy (non-hydrogen) atoms. The summed E-state index contributed by atoms with van der Waals surface area (Å²) < 4.78 is 41.1. The molecule has 5 rings (SSSR count). The number of aryl methyl sites for hydroxylation is 2. The Bertz CT molecular complexity index is 1110. The fourth-order valence-electron chi connectivity index (χ4n) is 4.54. The van der Waals surface area contributed by atoms with E-state index in [0.29, 0.717) is 31.1 Å². The van der Waals surface area contributed by atoms with Crippen LogP contribution in [0.4, 0.5) is 0 Å². The zero-order valence-corrected chi connectivity index (χ0v) is 21.7. The molecule has 8 heteroatoms. The normalized spacial score (nSPS) is 20.6. The molecular weight excluding hydrogens is 450 g/mol. The lowest BCUT2D eigenvalue weighted by Crippen LogP contribution is -2.38. The quantitative estimate of drug-likeness (QED) is 0.605. The first kappa shape index (κ1) is 24.9. The highest BCUT2D eigenvalue weighted by Crippen LogP contribution is 2.47. The Morgan fingerprint density at radius 1 is 1.09 bits per heavy atom. The van der Waals surface area contributed by atoms with Crippen LogP contribution in [0, 0.1) is 13.8 Å². The molecule has 3 heterocycles. The molecule has 0 radical (unpaired) electrons. The minimum absolute atomic E-state index is 0.138. The van der Waals surface area contributed by atoms with Gasteiger partial charge in [-0.1, -0.05) is 38.1 Å². The van der Waals surface area contributed by atoms with E-state index in [1.807, 2.05) is 52.0 Å². The molecule has 1 spiro atoms. The summed E-state index contributed by atoms with van der Waals surface area (Å²) in [5, 5.41) is 0. The monoisotopic (exact) mass is 487 g/mol. The molecule has 1 saturated heterocycles. The van der Waals surface area contributed by atoms with Gasteiger partial charge in [0.15, 0.2) is 0 Å². The molecule has 1 aromatic heterocycles. The Hall–Kier alpha value is -2.16. The summed E-state index contributed by atoms with van der Waals surface area (Å²) >= 11 is 0. The number of pyridine rings is 1. The first-order valence-corrected chi connectivity index (χ1v) is 13.9. The molecule has 186 valence electrons. The molecule has 0 amide bonds. The van der Waals surface area contributed by atoms with Gasteiger partial charge in [-0.15, -0.1) is 0 Å². The minimum atomic E-state index is -3.76. The fraction of sp³-hybridized carbons (Fsp3) is 0.577. The van der Waals surface area contributed by atoms with E-state index in [-0.39, 0.29) is 10.8 Å². The highest BCUT2D eigenvalue weighted by molar-refractivity contribution is 7.89. The van der Waals surface area contributed by atoms with E-state index >= 15 is 0 Å². The summed E-state index contributed by atoms with van der Waals surface area (Å²) in [6.45, 7) is 12.1. The Kier molecular flexibility index (Phi) is 7.50. The maximum Gasteiger partial charge on any atom is 0.248 e. The van der Waals surface area contributed by atoms with Crippen molar-refractivity contribution in [2.75, 3.05) is 32.8 Å². The van der Waals surface area contributed by atoms with Gasteiger partial charge in [0, 0.05) is 18.7 Å². The zero-order valence-electron chi connectivity index (χ0n) is 20.8. The lowest BCUT2D eigenvalue weighted by Gasteiger charge is -2.23. The largest absolute Gasteiger partial charge is 0.476 e. The summed E-state index contributed by atoms with van der Waals surface area (Å²) in [6, 6.07) is 9.57. The first-order chi connectivity index (χ1) is 16.4. The van der Waals surface area contributed by atoms with E-state index in [4.69, 9.17) is 9.47 Å². The van der Waals surface area contributed by atoms with Crippen LogP contribution >= 0.6 is 0 Å². The number of nitrogens with zero attached hydrogens (tertiary/aromatic N) is 3. The van der Waals surface area contributed by atoms with Crippen molar-refractivity contribution in [1.82, 2.24) is 14.2 Å². The molecule has 0 unspecified atom stereocenters. The highest BCUT2D eigenvalue weighted by Gasteiger charge is 2.52. The summed E-state index contributed by atoms with van der Waals surface area (Å²) in [6.07, 6.45) is 4.13. The molecule has 0 atom stereocenters. The first-order valence-electron chi connectivity index (χ1n) is 12.5. The molecule has 3 aliphatic rings. The second-order valence-corrected chi connectivity index (χ2v) is 11.2. The van der Waals surface area contributed by atoms with E-state index < -0.39 is 15.6 Å². The van der Waals surface area contributed by atoms with Crippen LogP contribution in [0.15, 0.2) is 35.2 Å². The molecule has 0 N–H and O–H groups in total. The van der Waals surface area contributed by atoms with Crippen LogP contribution in [0.5, 0.6) is 11.8 Å². The number of hydrogen-bond acceptors (Lipinski definition) is 6. The van der Waals surface area contributed by atoms with Gasteiger partial charge in [-0.2, -0.15) is 9.29 Å². The third kappa shape index (κ3) is 5.24. The number of hydrogen-bond donors (Lipinski definition) is 0. The number of rotatable bonds is 6. The van der Waals surface area contributed by atoms with Gasteiger partial charge in [-0.05, 0) is 69.8 Å². The smallest absolute Gasteiger partial charge is 0.248 e. The number of aromatic nitrogens is 1. The predicted octanol–water partition coefficient (Wildman–Crippen LogP) is 4.32. The molecule has 2 aromatic rings. The van der Waals surface area contributed by atoms with Crippen molar-refractivity contribution in [3.05, 3.63) is 47.0 Å². The topological polar surface area (TPSA) is 72.0 Å². The second kappa shape index (κ2) is 10.2. The zero-order chi connectivity index (χ0) is 24.3. The summed E-state index contributed by atoms with van der Waals surface area (Å²) in [5.74, 6) is 0.637. The van der Waals surface area contributed by atoms with Gasteiger partial charge in [0.05, 0.1) is 6.54 Å². The Labute approximate surface area is 204 Å². The predicted molar refractivity (Wildman–Crippen MR) is 133 cm³/mol. The van der Waals surface area contributed by atoms with Gasteiger partial charge in [0.1, 0.15) is 17.1 Å². The molecule has 1 aromatic carbocycles. The van der Waals surface area contributed by atoms with Crippen molar-refractivity contribution in [3.8, 4) is 11.8 Å². The van der Waals surface area contributed by atoms with Crippen LogP contribution in [-0.2, 0) is 16.6 Å². The molecule has 7 nitrogen and oxygen atoms in total. The van der Waals surface area contributed by atoms with Gasteiger partial charge in [-0.25, -0.2) is 8.42 Å². The van der Waals surface area contributed by atoms with Crippen LogP contribution in [0.2, 0.25) is 0 Å². The molecule has 2 aliphatic heterocycles. The molecular formula is C26H37N3O4S. The van der Waals surface area contributed by atoms with Gasteiger partial charge >= 0.3 is 0 Å². The number of fused-ring (bicyclic) bond motifs is 1. The third-order valence-corrected chi connectivity index (χ3v) is 8.54. The van der Waals surface area contributed by atoms with Crippen LogP contribution in [0.1, 0.15) is 56.2 Å². The van der Waals surface area contributed by atoms with Crippen molar-refractivity contribution < 1.29 is 17.9 Å². The van der Waals surface area contributed by atoms with Crippen LogP contribution in [0.25, 0.3) is 0 Å². The average Bonchev–Trinajstić information content (AvgIpc) is 3.39. The summed E-state index contributed by atoms with van der Waals surface area (Å²) in [5.41, 5.74) is 2.30. The van der Waals surface area contributed by atoms with Crippen molar-refractivity contribution in [2.24, 2.45) is 0 Å². The maximum absolute atomic E-state index is 13.7. The van der Waals surface area contributed by atoms with Crippen molar-refractivity contribution >= 4 is 10.0 Å². The van der Waals surface area contributed by atoms with Gasteiger partial charge < -0.3 is 9.47 Å². The number of ether oxygens (including phenoxy) is 2. The fourth-order valence-corrected chi connectivity index (χ4v) is 6.16. The maximum atomic E-state index is 13.7. The number of sulfonamides is 1. The van der Waals surface area contributed by atoms with E-state index in [2.05, 4.69) is 9.88 Å². The molecule has 0 bridgehead atoms. The molecule has 1 aliphatic carbocycles. The van der Waals surface area contributed by atoms with Gasteiger partial charge in [0.25, 0.3) is 0 Å². The average molecular weight is 488 g/mol. The van der Waals surface area contributed by atoms with Crippen LogP contribution in [-0.4, -0.2) is 61.0 Å². The van der Waals surface area contributed by atoms with Crippen molar-refractivity contribution in [1.29, 1.82) is 0 Å². The van der Waals surface area contributed by atoms with Crippen molar-refractivity contribution in [3.63, 3.8) is 0 Å².